The predicted octanol–water partition coefficient (Wildman–Crippen LogP) is 4.70. The minimum absolute atomic E-state index is 0.0145. The summed E-state index contributed by atoms with van der Waals surface area (Å²) in [5.41, 5.74) is -0.666. The number of amides is 1. The molecular weight excluding hydrogens is 398 g/mol. The van der Waals surface area contributed by atoms with Gasteiger partial charge in [0.2, 0.25) is 0 Å². The number of rotatable bonds is 4. The van der Waals surface area contributed by atoms with Crippen LogP contribution in [-0.2, 0) is 6.18 Å². The van der Waals surface area contributed by atoms with Gasteiger partial charge in [-0.05, 0) is 45.0 Å². The van der Waals surface area contributed by atoms with Gasteiger partial charge in [-0.15, -0.1) is 5.10 Å². The Kier molecular flexibility index (Phi) is 5.20. The minimum atomic E-state index is -4.65. The van der Waals surface area contributed by atoms with Crippen LogP contribution in [0.25, 0.3) is 11.3 Å². The summed E-state index contributed by atoms with van der Waals surface area (Å²) in [6, 6.07) is 3.94. The molecule has 2 aromatic heterocycles. The summed E-state index contributed by atoms with van der Waals surface area (Å²) in [5, 5.41) is 10.3. The van der Waals surface area contributed by atoms with E-state index in [1.165, 1.54) is 12.1 Å². The molecule has 1 N–H and O–H groups in total. The molecular formula is C17H15F4N5OS. The molecule has 3 rings (SSSR count). The predicted molar refractivity (Wildman–Crippen MR) is 95.6 cm³/mol. The van der Waals surface area contributed by atoms with Crippen LogP contribution < -0.4 is 5.32 Å². The van der Waals surface area contributed by atoms with Crippen molar-refractivity contribution in [2.24, 2.45) is 0 Å². The maximum Gasteiger partial charge on any atom is 0.435 e. The molecule has 148 valence electrons. The molecule has 28 heavy (non-hydrogen) atoms. The molecule has 0 aliphatic carbocycles. The first kappa shape index (κ1) is 19.9. The van der Waals surface area contributed by atoms with Gasteiger partial charge < -0.3 is 5.32 Å². The van der Waals surface area contributed by atoms with Crippen LogP contribution >= 0.6 is 11.5 Å². The summed E-state index contributed by atoms with van der Waals surface area (Å²) in [7, 11) is 0. The molecule has 0 radical (unpaired) electrons. The molecule has 2 heterocycles. The Morgan fingerprint density at radius 3 is 2.50 bits per heavy atom. The molecule has 0 saturated heterocycles. The lowest BCUT2D eigenvalue weighted by Crippen LogP contribution is -2.12. The van der Waals surface area contributed by atoms with Gasteiger partial charge in [0.1, 0.15) is 10.8 Å². The first-order valence-electron chi connectivity index (χ1n) is 8.15. The Hall–Kier alpha value is -2.82. The summed E-state index contributed by atoms with van der Waals surface area (Å²) in [5.74, 6) is -1.41. The van der Waals surface area contributed by atoms with E-state index in [9.17, 15) is 22.4 Å². The molecule has 0 atom stereocenters. The van der Waals surface area contributed by atoms with Crippen LogP contribution in [0.5, 0.6) is 0 Å². The van der Waals surface area contributed by atoms with Crippen molar-refractivity contribution >= 4 is 22.4 Å². The summed E-state index contributed by atoms with van der Waals surface area (Å²) in [6.07, 6.45) is -4.65. The lowest BCUT2D eigenvalue weighted by atomic mass is 10.1. The van der Waals surface area contributed by atoms with Crippen molar-refractivity contribution < 1.29 is 22.4 Å². The van der Waals surface area contributed by atoms with Crippen molar-refractivity contribution in [1.82, 2.24) is 19.4 Å². The molecule has 0 unspecified atom stereocenters. The first-order chi connectivity index (χ1) is 13.1. The van der Waals surface area contributed by atoms with Crippen molar-refractivity contribution in [3.63, 3.8) is 0 Å². The number of aromatic nitrogens is 4. The van der Waals surface area contributed by atoms with Gasteiger partial charge >= 0.3 is 6.18 Å². The summed E-state index contributed by atoms with van der Waals surface area (Å²) >= 11 is 0.982. The Bertz CT molecular complexity index is 1020. The maximum atomic E-state index is 14.7. The Labute approximate surface area is 161 Å². The molecule has 0 spiro atoms. The van der Waals surface area contributed by atoms with Gasteiger partial charge in [0, 0.05) is 28.7 Å². The van der Waals surface area contributed by atoms with Crippen LogP contribution in [0.15, 0.2) is 24.3 Å². The second kappa shape index (κ2) is 7.30. The average Bonchev–Trinajstić information content (AvgIpc) is 3.21. The smallest absolute Gasteiger partial charge is 0.311 e. The van der Waals surface area contributed by atoms with E-state index < -0.39 is 29.6 Å². The lowest BCUT2D eigenvalue weighted by Gasteiger charge is -2.12. The third-order valence-electron chi connectivity index (χ3n) is 3.90. The molecule has 0 fully saturated rings. The van der Waals surface area contributed by atoms with Gasteiger partial charge in [0.05, 0.1) is 11.4 Å². The molecule has 3 aromatic rings. The molecule has 6 nitrogen and oxygen atoms in total. The number of anilines is 1. The minimum Gasteiger partial charge on any atom is -0.311 e. The van der Waals surface area contributed by atoms with Crippen LogP contribution in [0.2, 0.25) is 0 Å². The second-order valence-corrected chi connectivity index (χ2v) is 7.04. The first-order valence-corrected chi connectivity index (χ1v) is 8.92. The Balaban J connectivity index is 1.96. The monoisotopic (exact) mass is 413 g/mol. The number of carbonyl (C=O) groups excluding carboxylic acids is 1. The number of nitrogens with one attached hydrogen (secondary N) is 1. The van der Waals surface area contributed by atoms with E-state index in [0.29, 0.717) is 10.7 Å². The maximum absolute atomic E-state index is 14.7. The summed E-state index contributed by atoms with van der Waals surface area (Å²) in [4.78, 5) is 12.3. The lowest BCUT2D eigenvalue weighted by molar-refractivity contribution is -0.141. The van der Waals surface area contributed by atoms with Crippen LogP contribution in [0.1, 0.15) is 41.6 Å². The van der Waals surface area contributed by atoms with Gasteiger partial charge in [-0.1, -0.05) is 4.49 Å². The van der Waals surface area contributed by atoms with Gasteiger partial charge in [-0.2, -0.15) is 18.3 Å². The Morgan fingerprint density at radius 2 is 1.96 bits per heavy atom. The van der Waals surface area contributed by atoms with E-state index in [1.807, 2.05) is 0 Å². The third-order valence-corrected chi connectivity index (χ3v) is 4.64. The standard InChI is InChI=1S/C17H15F4N5OS/c1-8(2)26-13(7-14(24-26)17(19,20)21)11-5-4-10(6-12(11)18)15(27)22-16-9(3)23-25-28-16/h4-8H,1-3H3,(H,22,27). The average molecular weight is 413 g/mol. The zero-order valence-corrected chi connectivity index (χ0v) is 15.8. The fourth-order valence-electron chi connectivity index (χ4n) is 2.51. The normalized spacial score (nSPS) is 11.9. The molecule has 0 bridgehead atoms. The number of halogens is 4. The van der Waals surface area contributed by atoms with Crippen molar-refractivity contribution in [3.8, 4) is 11.3 Å². The highest BCUT2D eigenvalue weighted by atomic mass is 32.1. The third kappa shape index (κ3) is 3.88. The van der Waals surface area contributed by atoms with E-state index in [4.69, 9.17) is 0 Å². The van der Waals surface area contributed by atoms with E-state index in [1.54, 1.807) is 20.8 Å². The van der Waals surface area contributed by atoms with E-state index in [2.05, 4.69) is 20.0 Å². The van der Waals surface area contributed by atoms with Crippen LogP contribution in [0, 0.1) is 12.7 Å². The van der Waals surface area contributed by atoms with Gasteiger partial charge in [-0.3, -0.25) is 9.48 Å². The number of aryl methyl sites for hydroxylation is 1. The molecule has 1 amide bonds. The SMILES string of the molecule is Cc1nnsc1NC(=O)c1ccc(-c2cc(C(F)(F)F)nn2C(C)C)c(F)c1. The van der Waals surface area contributed by atoms with Gasteiger partial charge in [0.15, 0.2) is 5.69 Å². The second-order valence-electron chi connectivity index (χ2n) is 6.29. The highest BCUT2D eigenvalue weighted by Crippen LogP contribution is 2.34. The topological polar surface area (TPSA) is 72.7 Å². The van der Waals surface area contributed by atoms with Crippen LogP contribution in [-0.4, -0.2) is 25.3 Å². The summed E-state index contributed by atoms with van der Waals surface area (Å²) in [6.45, 7) is 4.94. The van der Waals surface area contributed by atoms with Crippen LogP contribution in [0.3, 0.4) is 0 Å². The molecule has 0 aliphatic rings. The summed E-state index contributed by atoms with van der Waals surface area (Å²) < 4.78 is 58.5. The molecule has 0 saturated carbocycles. The quantitative estimate of drug-likeness (QED) is 0.630. The number of nitrogens with zero attached hydrogens (tertiary/aromatic N) is 4. The number of carbonyl (C=O) groups is 1. The van der Waals surface area contributed by atoms with Gasteiger partial charge in [0.25, 0.3) is 5.91 Å². The van der Waals surface area contributed by atoms with E-state index in [0.717, 1.165) is 28.3 Å². The number of alkyl halides is 3. The molecule has 1 aromatic carbocycles. The fourth-order valence-corrected chi connectivity index (χ4v) is 3.07. The highest BCUT2D eigenvalue weighted by molar-refractivity contribution is 7.10. The number of benzene rings is 1. The Morgan fingerprint density at radius 1 is 1.25 bits per heavy atom. The largest absolute Gasteiger partial charge is 0.435 e. The zero-order chi connectivity index (χ0) is 20.6. The van der Waals surface area contributed by atoms with Crippen molar-refractivity contribution in [2.45, 2.75) is 33.0 Å². The van der Waals surface area contributed by atoms with Gasteiger partial charge in [-0.25, -0.2) is 4.39 Å². The van der Waals surface area contributed by atoms with Crippen molar-refractivity contribution in [2.75, 3.05) is 5.32 Å². The van der Waals surface area contributed by atoms with E-state index in [-0.39, 0.29) is 16.8 Å². The molecule has 11 heteroatoms. The van der Waals surface area contributed by atoms with Crippen LogP contribution in [0.4, 0.5) is 22.6 Å². The van der Waals surface area contributed by atoms with Crippen molar-refractivity contribution in [1.29, 1.82) is 0 Å². The number of hydrogen-bond acceptors (Lipinski definition) is 5. The fraction of sp³-hybridized carbons (Fsp3) is 0.294. The van der Waals surface area contributed by atoms with E-state index >= 15 is 0 Å². The zero-order valence-electron chi connectivity index (χ0n) is 15.0. The number of hydrogen-bond donors (Lipinski definition) is 1. The highest BCUT2D eigenvalue weighted by Gasteiger charge is 2.35. The molecule has 0 aliphatic heterocycles. The van der Waals surface area contributed by atoms with Crippen molar-refractivity contribution in [3.05, 3.63) is 47.0 Å².